The predicted octanol–water partition coefficient (Wildman–Crippen LogP) is 2.40. The van der Waals surface area contributed by atoms with Crippen molar-refractivity contribution < 1.29 is 19.1 Å². The number of benzene rings is 1. The number of aryl methyl sites for hydroxylation is 1. The zero-order valence-electron chi connectivity index (χ0n) is 12.9. The Morgan fingerprint density at radius 1 is 1.29 bits per heavy atom. The van der Waals surface area contributed by atoms with E-state index in [4.69, 9.17) is 9.52 Å². The smallest absolute Gasteiger partial charge is 0.356 e. The van der Waals surface area contributed by atoms with Gasteiger partial charge in [-0.05, 0) is 36.8 Å². The molecule has 0 radical (unpaired) electrons. The first-order valence-electron chi connectivity index (χ1n) is 7.25. The maximum atomic E-state index is 12.1. The molecule has 24 heavy (non-hydrogen) atoms. The Morgan fingerprint density at radius 2 is 2.12 bits per heavy atom. The van der Waals surface area contributed by atoms with E-state index in [0.29, 0.717) is 23.6 Å². The second kappa shape index (κ2) is 6.41. The highest BCUT2D eigenvalue weighted by atomic mass is 16.4. The summed E-state index contributed by atoms with van der Waals surface area (Å²) in [5, 5.41) is 15.7. The van der Waals surface area contributed by atoms with Crippen LogP contribution in [0.2, 0.25) is 0 Å². The number of nitrogens with one attached hydrogen (secondary N) is 1. The van der Waals surface area contributed by atoms with Gasteiger partial charge in [0, 0.05) is 12.7 Å². The molecule has 0 aliphatic carbocycles. The molecule has 2 heterocycles. The fourth-order valence-electron chi connectivity index (χ4n) is 2.29. The molecule has 0 saturated carbocycles. The molecule has 0 fully saturated rings. The van der Waals surface area contributed by atoms with Crippen LogP contribution in [0.1, 0.15) is 32.2 Å². The summed E-state index contributed by atoms with van der Waals surface area (Å²) in [6.07, 6.45) is 3.05. The maximum absolute atomic E-state index is 12.1. The molecular formula is C17H15N3O4. The molecule has 0 spiro atoms. The fraction of sp³-hybridized carbons (Fsp3) is 0.118. The molecule has 7 heteroatoms. The Bertz CT molecular complexity index is 895. The van der Waals surface area contributed by atoms with Crippen LogP contribution < -0.4 is 5.32 Å². The van der Waals surface area contributed by atoms with Crippen molar-refractivity contribution in [2.24, 2.45) is 0 Å². The highest BCUT2D eigenvalue weighted by Gasteiger charge is 2.11. The van der Waals surface area contributed by atoms with Crippen molar-refractivity contribution in [1.29, 1.82) is 0 Å². The standard InChI is InChI=1S/C17H15N3O4/c1-11-14(6-8-24-11)16(21)18-10-12-3-2-4-13(9-12)20-7-5-15(19-20)17(22)23/h2-9H,10H2,1H3,(H,18,21)(H,22,23). The third-order valence-corrected chi connectivity index (χ3v) is 3.54. The Kier molecular flexibility index (Phi) is 4.15. The van der Waals surface area contributed by atoms with E-state index >= 15 is 0 Å². The highest BCUT2D eigenvalue weighted by molar-refractivity contribution is 5.95. The Morgan fingerprint density at radius 3 is 2.79 bits per heavy atom. The van der Waals surface area contributed by atoms with Crippen molar-refractivity contribution in [1.82, 2.24) is 15.1 Å². The van der Waals surface area contributed by atoms with E-state index in [0.717, 1.165) is 5.56 Å². The molecule has 0 unspecified atom stereocenters. The van der Waals surface area contributed by atoms with Crippen molar-refractivity contribution in [3.8, 4) is 5.69 Å². The number of furan rings is 1. The number of hydrogen-bond acceptors (Lipinski definition) is 4. The number of nitrogens with zero attached hydrogens (tertiary/aromatic N) is 2. The maximum Gasteiger partial charge on any atom is 0.356 e. The van der Waals surface area contributed by atoms with E-state index < -0.39 is 5.97 Å². The average molecular weight is 325 g/mol. The van der Waals surface area contributed by atoms with Crippen LogP contribution >= 0.6 is 0 Å². The van der Waals surface area contributed by atoms with Crippen LogP contribution in [0.15, 0.2) is 53.3 Å². The van der Waals surface area contributed by atoms with Gasteiger partial charge in [-0.2, -0.15) is 5.10 Å². The molecule has 2 aromatic heterocycles. The number of aromatic carboxylic acids is 1. The van der Waals surface area contributed by atoms with Gasteiger partial charge in [0.2, 0.25) is 0 Å². The molecule has 122 valence electrons. The minimum atomic E-state index is -1.08. The van der Waals surface area contributed by atoms with Crippen LogP contribution in [0.25, 0.3) is 5.69 Å². The molecule has 0 saturated heterocycles. The second-order valence-electron chi connectivity index (χ2n) is 5.19. The Hall–Kier alpha value is -3.35. The minimum Gasteiger partial charge on any atom is -0.476 e. The van der Waals surface area contributed by atoms with Gasteiger partial charge in [0.25, 0.3) is 5.91 Å². The van der Waals surface area contributed by atoms with Crippen LogP contribution in [-0.4, -0.2) is 26.8 Å². The fourth-order valence-corrected chi connectivity index (χ4v) is 2.29. The van der Waals surface area contributed by atoms with E-state index in [1.54, 1.807) is 19.2 Å². The van der Waals surface area contributed by atoms with Crippen molar-refractivity contribution in [3.05, 3.63) is 71.4 Å². The van der Waals surface area contributed by atoms with Crippen molar-refractivity contribution in [3.63, 3.8) is 0 Å². The van der Waals surface area contributed by atoms with Crippen molar-refractivity contribution >= 4 is 11.9 Å². The van der Waals surface area contributed by atoms with E-state index in [1.807, 2.05) is 24.3 Å². The number of hydrogen-bond donors (Lipinski definition) is 2. The number of rotatable bonds is 5. The van der Waals surface area contributed by atoms with Crippen LogP contribution in [-0.2, 0) is 6.54 Å². The summed E-state index contributed by atoms with van der Waals surface area (Å²) in [7, 11) is 0. The summed E-state index contributed by atoms with van der Waals surface area (Å²) >= 11 is 0. The Labute approximate surface area is 137 Å². The van der Waals surface area contributed by atoms with Gasteiger partial charge in [0.1, 0.15) is 5.76 Å². The number of amides is 1. The molecule has 1 amide bonds. The SMILES string of the molecule is Cc1occc1C(=O)NCc1cccc(-n2ccc(C(=O)O)n2)c1. The largest absolute Gasteiger partial charge is 0.476 e. The molecule has 2 N–H and O–H groups in total. The summed E-state index contributed by atoms with van der Waals surface area (Å²) < 4.78 is 6.60. The van der Waals surface area contributed by atoms with Gasteiger partial charge >= 0.3 is 5.97 Å². The van der Waals surface area contributed by atoms with Crippen LogP contribution in [0, 0.1) is 6.92 Å². The zero-order chi connectivity index (χ0) is 17.1. The van der Waals surface area contributed by atoms with Crippen LogP contribution in [0.5, 0.6) is 0 Å². The molecule has 0 aliphatic rings. The van der Waals surface area contributed by atoms with Crippen LogP contribution in [0.4, 0.5) is 0 Å². The van der Waals surface area contributed by atoms with Gasteiger partial charge < -0.3 is 14.8 Å². The van der Waals surface area contributed by atoms with E-state index in [-0.39, 0.29) is 11.6 Å². The third-order valence-electron chi connectivity index (χ3n) is 3.54. The van der Waals surface area contributed by atoms with Gasteiger partial charge in [0.15, 0.2) is 5.69 Å². The summed E-state index contributed by atoms with van der Waals surface area (Å²) in [4.78, 5) is 23.0. The first-order chi connectivity index (χ1) is 11.5. The van der Waals surface area contributed by atoms with Gasteiger partial charge in [0.05, 0.1) is 17.5 Å². The molecule has 7 nitrogen and oxygen atoms in total. The molecule has 0 aliphatic heterocycles. The van der Waals surface area contributed by atoms with Gasteiger partial charge in [-0.3, -0.25) is 4.79 Å². The number of aromatic nitrogens is 2. The van der Waals surface area contributed by atoms with Crippen molar-refractivity contribution in [2.75, 3.05) is 0 Å². The topological polar surface area (TPSA) is 97.4 Å². The van der Waals surface area contributed by atoms with E-state index in [9.17, 15) is 9.59 Å². The van der Waals surface area contributed by atoms with E-state index in [2.05, 4.69) is 10.4 Å². The lowest BCUT2D eigenvalue weighted by Gasteiger charge is -2.07. The number of carbonyl (C=O) groups is 2. The average Bonchev–Trinajstić information content (AvgIpc) is 3.22. The first-order valence-corrected chi connectivity index (χ1v) is 7.25. The zero-order valence-corrected chi connectivity index (χ0v) is 12.9. The summed E-state index contributed by atoms with van der Waals surface area (Å²) in [5.41, 5.74) is 2.07. The molecule has 3 aromatic rings. The molecule has 3 rings (SSSR count). The Balaban J connectivity index is 1.72. The monoisotopic (exact) mass is 325 g/mol. The third kappa shape index (κ3) is 3.19. The normalized spacial score (nSPS) is 10.5. The molecule has 0 atom stereocenters. The van der Waals surface area contributed by atoms with Gasteiger partial charge in [-0.25, -0.2) is 9.48 Å². The molecular weight excluding hydrogens is 310 g/mol. The first kappa shape index (κ1) is 15.5. The lowest BCUT2D eigenvalue weighted by atomic mass is 10.2. The number of carboxylic acid groups (broad SMARTS) is 1. The number of carbonyl (C=O) groups excluding carboxylic acids is 1. The summed E-state index contributed by atoms with van der Waals surface area (Å²) in [5.74, 6) is -0.717. The lowest BCUT2D eigenvalue weighted by molar-refractivity contribution is 0.0689. The second-order valence-corrected chi connectivity index (χ2v) is 5.19. The minimum absolute atomic E-state index is 0.0239. The number of carboxylic acids is 1. The van der Waals surface area contributed by atoms with Crippen molar-refractivity contribution in [2.45, 2.75) is 13.5 Å². The van der Waals surface area contributed by atoms with E-state index in [1.165, 1.54) is 17.0 Å². The predicted molar refractivity (Wildman–Crippen MR) is 85.1 cm³/mol. The van der Waals surface area contributed by atoms with Crippen LogP contribution in [0.3, 0.4) is 0 Å². The molecule has 1 aromatic carbocycles. The molecule has 0 bridgehead atoms. The summed E-state index contributed by atoms with van der Waals surface area (Å²) in [6.45, 7) is 2.07. The summed E-state index contributed by atoms with van der Waals surface area (Å²) in [6, 6.07) is 10.4. The van der Waals surface area contributed by atoms with Gasteiger partial charge in [-0.1, -0.05) is 12.1 Å². The quantitative estimate of drug-likeness (QED) is 0.751. The lowest BCUT2D eigenvalue weighted by Crippen LogP contribution is -2.23. The highest BCUT2D eigenvalue weighted by Crippen LogP contribution is 2.12. The van der Waals surface area contributed by atoms with Gasteiger partial charge in [-0.15, -0.1) is 0 Å².